The lowest BCUT2D eigenvalue weighted by molar-refractivity contribution is 0.414. The molecule has 0 bridgehead atoms. The third-order valence-corrected chi connectivity index (χ3v) is 2.79. The van der Waals surface area contributed by atoms with Crippen LogP contribution in [0.2, 0.25) is 0 Å². The second kappa shape index (κ2) is 4.92. The average Bonchev–Trinajstić information content (AvgIpc) is 2.82. The molecule has 0 aliphatic carbocycles. The van der Waals surface area contributed by atoms with Crippen LogP contribution in [0.1, 0.15) is 31.0 Å². The third kappa shape index (κ3) is 2.07. The summed E-state index contributed by atoms with van der Waals surface area (Å²) in [6.07, 6.45) is 1.61. The lowest BCUT2D eigenvalue weighted by Gasteiger charge is -2.11. The highest BCUT2D eigenvalue weighted by Gasteiger charge is 2.15. The summed E-state index contributed by atoms with van der Waals surface area (Å²) >= 11 is 0. The number of hydrogen-bond acceptors (Lipinski definition) is 3. The van der Waals surface area contributed by atoms with Crippen LogP contribution in [0.25, 0.3) is 5.69 Å². The van der Waals surface area contributed by atoms with Crippen LogP contribution in [-0.4, -0.2) is 16.9 Å². The van der Waals surface area contributed by atoms with E-state index in [1.165, 1.54) is 0 Å². The predicted molar refractivity (Wildman–Crippen MR) is 68.9 cm³/mol. The molecule has 4 heteroatoms. The van der Waals surface area contributed by atoms with Crippen molar-refractivity contribution in [1.29, 1.82) is 5.26 Å². The van der Waals surface area contributed by atoms with Gasteiger partial charge in [0.25, 0.3) is 0 Å². The van der Waals surface area contributed by atoms with Gasteiger partial charge in [0.1, 0.15) is 11.8 Å². The molecule has 2 aromatic rings. The van der Waals surface area contributed by atoms with E-state index in [4.69, 9.17) is 10.00 Å². The first kappa shape index (κ1) is 12.2. The van der Waals surface area contributed by atoms with Gasteiger partial charge in [-0.3, -0.25) is 0 Å². The van der Waals surface area contributed by atoms with E-state index in [-0.39, 0.29) is 5.92 Å². The number of nitriles is 1. The molecule has 0 aliphatic heterocycles. The summed E-state index contributed by atoms with van der Waals surface area (Å²) in [5, 5.41) is 13.4. The predicted octanol–water partition coefficient (Wildman–Crippen LogP) is 2.88. The van der Waals surface area contributed by atoms with Gasteiger partial charge in [0.05, 0.1) is 30.3 Å². The van der Waals surface area contributed by atoms with Crippen molar-refractivity contribution in [2.75, 3.05) is 7.11 Å². The van der Waals surface area contributed by atoms with Crippen LogP contribution in [0.4, 0.5) is 0 Å². The van der Waals surface area contributed by atoms with Crippen molar-refractivity contribution in [1.82, 2.24) is 9.78 Å². The van der Waals surface area contributed by atoms with E-state index < -0.39 is 0 Å². The lowest BCUT2D eigenvalue weighted by atomic mass is 10.1. The molecular formula is C14H15N3O. The summed E-state index contributed by atoms with van der Waals surface area (Å²) in [6, 6.07) is 9.80. The van der Waals surface area contributed by atoms with Crippen molar-refractivity contribution in [3.05, 3.63) is 41.7 Å². The highest BCUT2D eigenvalue weighted by molar-refractivity contribution is 5.43. The fourth-order valence-corrected chi connectivity index (χ4v) is 1.93. The van der Waals surface area contributed by atoms with Crippen molar-refractivity contribution in [3.8, 4) is 17.5 Å². The molecule has 0 amide bonds. The van der Waals surface area contributed by atoms with Crippen LogP contribution in [0, 0.1) is 11.3 Å². The lowest BCUT2D eigenvalue weighted by Crippen LogP contribution is -2.04. The quantitative estimate of drug-likeness (QED) is 0.830. The summed E-state index contributed by atoms with van der Waals surface area (Å²) in [5.41, 5.74) is 2.49. The van der Waals surface area contributed by atoms with Crippen molar-refractivity contribution in [2.24, 2.45) is 0 Å². The highest BCUT2D eigenvalue weighted by Crippen LogP contribution is 2.23. The first-order chi connectivity index (χ1) is 8.67. The third-order valence-electron chi connectivity index (χ3n) is 2.79. The Morgan fingerprint density at radius 3 is 2.44 bits per heavy atom. The van der Waals surface area contributed by atoms with E-state index >= 15 is 0 Å². The molecular weight excluding hydrogens is 226 g/mol. The first-order valence-corrected chi connectivity index (χ1v) is 5.79. The van der Waals surface area contributed by atoms with Crippen molar-refractivity contribution in [3.63, 3.8) is 0 Å². The van der Waals surface area contributed by atoms with E-state index in [9.17, 15) is 0 Å². The van der Waals surface area contributed by atoms with Gasteiger partial charge in [-0.15, -0.1) is 0 Å². The number of benzene rings is 1. The van der Waals surface area contributed by atoms with Crippen LogP contribution in [0.5, 0.6) is 5.75 Å². The number of aromatic nitrogens is 2. The van der Waals surface area contributed by atoms with Gasteiger partial charge in [-0.1, -0.05) is 13.8 Å². The van der Waals surface area contributed by atoms with Gasteiger partial charge in [-0.25, -0.2) is 4.68 Å². The Morgan fingerprint density at radius 2 is 1.94 bits per heavy atom. The average molecular weight is 241 g/mol. The first-order valence-electron chi connectivity index (χ1n) is 5.79. The smallest absolute Gasteiger partial charge is 0.119 e. The second-order valence-corrected chi connectivity index (χ2v) is 4.32. The molecule has 92 valence electrons. The molecule has 1 heterocycles. The van der Waals surface area contributed by atoms with Gasteiger partial charge in [-0.05, 0) is 30.2 Å². The van der Waals surface area contributed by atoms with Crippen LogP contribution < -0.4 is 4.74 Å². The zero-order valence-electron chi connectivity index (χ0n) is 10.7. The number of ether oxygens (including phenoxy) is 1. The fraction of sp³-hybridized carbons (Fsp3) is 0.286. The summed E-state index contributed by atoms with van der Waals surface area (Å²) in [4.78, 5) is 0. The zero-order valence-corrected chi connectivity index (χ0v) is 10.7. The molecule has 0 atom stereocenters. The number of nitrogens with zero attached hydrogens (tertiary/aromatic N) is 3. The Bertz CT molecular complexity index is 576. The highest BCUT2D eigenvalue weighted by atomic mass is 16.5. The molecule has 0 saturated heterocycles. The largest absolute Gasteiger partial charge is 0.497 e. The summed E-state index contributed by atoms with van der Waals surface area (Å²) in [7, 11) is 1.64. The van der Waals surface area contributed by atoms with Crippen LogP contribution in [0.15, 0.2) is 30.5 Å². The topological polar surface area (TPSA) is 50.8 Å². The minimum Gasteiger partial charge on any atom is -0.497 e. The minimum atomic E-state index is 0.240. The van der Waals surface area contributed by atoms with E-state index in [1.807, 2.05) is 28.9 Å². The summed E-state index contributed by atoms with van der Waals surface area (Å²) < 4.78 is 6.94. The zero-order chi connectivity index (χ0) is 13.1. The van der Waals surface area contributed by atoms with E-state index in [0.29, 0.717) is 5.56 Å². The molecule has 2 rings (SSSR count). The molecule has 0 N–H and O–H groups in total. The Labute approximate surface area is 106 Å². The summed E-state index contributed by atoms with van der Waals surface area (Å²) in [6.45, 7) is 4.11. The van der Waals surface area contributed by atoms with Gasteiger partial charge in [-0.2, -0.15) is 10.4 Å². The van der Waals surface area contributed by atoms with Crippen molar-refractivity contribution < 1.29 is 4.74 Å². The molecule has 0 aliphatic rings. The van der Waals surface area contributed by atoms with E-state index in [0.717, 1.165) is 17.1 Å². The molecule has 1 aromatic heterocycles. The van der Waals surface area contributed by atoms with Crippen LogP contribution >= 0.6 is 0 Å². The molecule has 0 spiro atoms. The molecule has 4 nitrogen and oxygen atoms in total. The van der Waals surface area contributed by atoms with E-state index in [2.05, 4.69) is 25.0 Å². The second-order valence-electron chi connectivity index (χ2n) is 4.32. The SMILES string of the molecule is COc1ccc(-n2ncc(C#N)c2C(C)C)cc1. The number of methoxy groups -OCH3 is 1. The van der Waals surface area contributed by atoms with Crippen LogP contribution in [-0.2, 0) is 0 Å². The monoisotopic (exact) mass is 241 g/mol. The number of rotatable bonds is 3. The maximum atomic E-state index is 9.09. The molecule has 0 saturated carbocycles. The van der Waals surface area contributed by atoms with E-state index in [1.54, 1.807) is 13.3 Å². The molecule has 18 heavy (non-hydrogen) atoms. The molecule has 0 fully saturated rings. The van der Waals surface area contributed by atoms with Gasteiger partial charge in [0.15, 0.2) is 0 Å². The van der Waals surface area contributed by atoms with Gasteiger partial charge in [0.2, 0.25) is 0 Å². The number of hydrogen-bond donors (Lipinski definition) is 0. The standard InChI is InChI=1S/C14H15N3O/c1-10(2)14-11(8-15)9-16-17(14)12-4-6-13(18-3)7-5-12/h4-7,9-10H,1-3H3. The minimum absolute atomic E-state index is 0.240. The van der Waals surface area contributed by atoms with Gasteiger partial charge < -0.3 is 4.74 Å². The molecule has 0 radical (unpaired) electrons. The molecule has 0 unspecified atom stereocenters. The maximum Gasteiger partial charge on any atom is 0.119 e. The van der Waals surface area contributed by atoms with Gasteiger partial charge >= 0.3 is 0 Å². The Hall–Kier alpha value is -2.28. The van der Waals surface area contributed by atoms with Crippen molar-refractivity contribution >= 4 is 0 Å². The summed E-state index contributed by atoms with van der Waals surface area (Å²) in [5.74, 6) is 1.04. The van der Waals surface area contributed by atoms with Gasteiger partial charge in [0, 0.05) is 0 Å². The normalized spacial score (nSPS) is 10.4. The maximum absolute atomic E-state index is 9.09. The van der Waals surface area contributed by atoms with Crippen LogP contribution in [0.3, 0.4) is 0 Å². The Kier molecular flexibility index (Phi) is 3.33. The Balaban J connectivity index is 2.50. The fourth-order valence-electron chi connectivity index (χ4n) is 1.93. The van der Waals surface area contributed by atoms with Crippen molar-refractivity contribution in [2.45, 2.75) is 19.8 Å². The Morgan fingerprint density at radius 1 is 1.28 bits per heavy atom. The molecule has 1 aromatic carbocycles.